The molecule has 0 saturated carbocycles. The van der Waals surface area contributed by atoms with Gasteiger partial charge in [0.2, 0.25) is 5.91 Å². The molecule has 2 amide bonds. The number of benzene rings is 3. The van der Waals surface area contributed by atoms with E-state index in [1.54, 1.807) is 13.0 Å². The molecule has 0 saturated heterocycles. The van der Waals surface area contributed by atoms with E-state index in [-0.39, 0.29) is 23.9 Å². The molecular formula is C55H76N4O8S2Si2. The SMILES string of the molecule is CCC/C=C/C(CC(=O)OCC[Si](C)(C)C)OC(=O)[C@@H](NC(=O)[C@]1(C)CSC(c2nc(CNC(=O)OC(C)(C)C)sc2-c2ccc(CO[Si](c3ccccc3)(c3ccccc3)C(C)(C)C)cc2)=N1)C(C)C. The number of amides is 2. The maximum Gasteiger partial charge on any atom is 0.408 e. The molecule has 16 heteroatoms. The second kappa shape index (κ2) is 24.7. The fourth-order valence-electron chi connectivity index (χ4n) is 7.96. The summed E-state index contributed by atoms with van der Waals surface area (Å²) >= 11 is 2.84. The minimum atomic E-state index is -2.79. The molecule has 0 aliphatic carbocycles. The number of hydrogen-bond donors (Lipinski definition) is 2. The lowest BCUT2D eigenvalue weighted by molar-refractivity contribution is -0.156. The van der Waals surface area contributed by atoms with Crippen LogP contribution in [0.15, 0.2) is 102 Å². The second-order valence-electron chi connectivity index (χ2n) is 21.9. The summed E-state index contributed by atoms with van der Waals surface area (Å²) in [7, 11) is -4.21. The molecule has 1 aromatic heterocycles. The van der Waals surface area contributed by atoms with Crippen molar-refractivity contribution in [3.63, 3.8) is 0 Å². The second-order valence-corrected chi connectivity index (χ2v) is 33.9. The molecule has 4 aromatic rings. The maximum atomic E-state index is 14.3. The van der Waals surface area contributed by atoms with Crippen LogP contribution >= 0.6 is 23.1 Å². The summed E-state index contributed by atoms with van der Waals surface area (Å²) in [6, 6.07) is 29.2. The van der Waals surface area contributed by atoms with Crippen molar-refractivity contribution in [2.24, 2.45) is 10.9 Å². The van der Waals surface area contributed by atoms with E-state index >= 15 is 0 Å². The lowest BCUT2D eigenvalue weighted by Crippen LogP contribution is -2.66. The third kappa shape index (κ3) is 16.1. The highest BCUT2D eigenvalue weighted by atomic mass is 32.2. The lowest BCUT2D eigenvalue weighted by atomic mass is 10.0. The summed E-state index contributed by atoms with van der Waals surface area (Å²) in [5.41, 5.74) is 0.557. The number of aromatic nitrogens is 1. The zero-order valence-electron chi connectivity index (χ0n) is 44.1. The van der Waals surface area contributed by atoms with Crippen molar-refractivity contribution >= 4 is 78.8 Å². The zero-order valence-corrected chi connectivity index (χ0v) is 47.7. The molecule has 1 unspecified atom stereocenters. The van der Waals surface area contributed by atoms with Gasteiger partial charge in [-0.1, -0.05) is 159 Å². The third-order valence-electron chi connectivity index (χ3n) is 11.8. The number of hydrogen-bond acceptors (Lipinski definition) is 12. The van der Waals surface area contributed by atoms with Gasteiger partial charge in [-0.05, 0) is 78.7 Å². The number of aliphatic imine (C=N–C) groups is 1. The number of nitrogens with zero attached hydrogens (tertiary/aromatic N) is 2. The Hall–Kier alpha value is -4.88. The standard InChI is InChI=1S/C55H76N4O8S2Si2/c1-14-15-18-23-41(34-45(60)64-32-33-70(11,12)13)66-50(61)46(38(2)3)58-51(62)55(10)37-68-49(59-55)47-48(69-44(57-47)35-56-52(63)67-53(4,5)6)40-30-28-39(29-31-40)36-65-71(54(7,8)9,42-24-19-16-20-25-42)43-26-21-17-22-27-43/h16-31,38,41,46H,14-15,32-37H2,1-13H3,(H,56,63)(H,58,62)/b23-18+/t41?,46-,55-/m0/s1. The van der Waals surface area contributed by atoms with E-state index in [2.05, 4.69) is 124 Å². The van der Waals surface area contributed by atoms with Crippen LogP contribution in [0.4, 0.5) is 4.79 Å². The van der Waals surface area contributed by atoms with Gasteiger partial charge in [0, 0.05) is 13.8 Å². The van der Waals surface area contributed by atoms with E-state index in [9.17, 15) is 19.2 Å². The average Bonchev–Trinajstić information content (AvgIpc) is 3.91. The van der Waals surface area contributed by atoms with E-state index in [1.807, 2.05) is 59.8 Å². The monoisotopic (exact) mass is 1040 g/mol. The van der Waals surface area contributed by atoms with Crippen LogP contribution in [0.1, 0.15) is 105 Å². The Morgan fingerprint density at radius 3 is 2.06 bits per heavy atom. The van der Waals surface area contributed by atoms with Crippen LogP contribution in [0.25, 0.3) is 10.4 Å². The molecule has 2 heterocycles. The topological polar surface area (TPSA) is 155 Å². The summed E-state index contributed by atoms with van der Waals surface area (Å²) in [4.78, 5) is 64.6. The van der Waals surface area contributed by atoms with Crippen molar-refractivity contribution in [3.8, 4) is 10.4 Å². The largest absolute Gasteiger partial charge is 0.466 e. The highest BCUT2D eigenvalue weighted by Crippen LogP contribution is 2.40. The van der Waals surface area contributed by atoms with Crippen molar-refractivity contribution in [1.29, 1.82) is 0 Å². The Morgan fingerprint density at radius 2 is 1.51 bits per heavy atom. The van der Waals surface area contributed by atoms with Gasteiger partial charge in [0.15, 0.2) is 0 Å². The van der Waals surface area contributed by atoms with Crippen molar-refractivity contribution < 1.29 is 37.8 Å². The first-order chi connectivity index (χ1) is 33.3. The fraction of sp³-hybridized carbons (Fsp3) is 0.491. The number of alkyl carbamates (subject to hydrolysis) is 1. The van der Waals surface area contributed by atoms with Crippen LogP contribution in [0.5, 0.6) is 0 Å². The predicted molar refractivity (Wildman–Crippen MR) is 295 cm³/mol. The number of allylic oxidation sites excluding steroid dienone is 1. The normalized spacial score (nSPS) is 16.3. The summed E-state index contributed by atoms with van der Waals surface area (Å²) in [6.07, 6.45) is 3.74. The molecule has 384 valence electrons. The Labute approximate surface area is 432 Å². The Bertz CT molecular complexity index is 2440. The highest BCUT2D eigenvalue weighted by Gasteiger charge is 2.50. The molecule has 0 fully saturated rings. The number of thioether (sulfide) groups is 1. The number of carbonyl (C=O) groups excluding carboxylic acids is 4. The maximum absolute atomic E-state index is 14.3. The van der Waals surface area contributed by atoms with E-state index in [4.69, 9.17) is 28.6 Å². The number of unbranched alkanes of at least 4 members (excludes halogenated alkanes) is 1. The van der Waals surface area contributed by atoms with Crippen molar-refractivity contribution in [2.75, 3.05) is 12.4 Å². The first kappa shape index (κ1) is 57.0. The van der Waals surface area contributed by atoms with E-state index in [0.717, 1.165) is 34.9 Å². The summed E-state index contributed by atoms with van der Waals surface area (Å²) < 4.78 is 24.2. The third-order valence-corrected chi connectivity index (χ3v) is 20.9. The van der Waals surface area contributed by atoms with Crippen molar-refractivity contribution in [1.82, 2.24) is 15.6 Å². The predicted octanol–water partition coefficient (Wildman–Crippen LogP) is 10.8. The van der Waals surface area contributed by atoms with Crippen LogP contribution in [-0.4, -0.2) is 86.0 Å². The Morgan fingerprint density at radius 1 is 0.887 bits per heavy atom. The molecule has 12 nitrogen and oxygen atoms in total. The molecule has 0 spiro atoms. The molecule has 1 aliphatic heterocycles. The van der Waals surface area contributed by atoms with E-state index in [0.29, 0.717) is 34.7 Å². The van der Waals surface area contributed by atoms with Gasteiger partial charge < -0.3 is 29.3 Å². The quantitative estimate of drug-likeness (QED) is 0.0336. The van der Waals surface area contributed by atoms with Crippen LogP contribution in [0.3, 0.4) is 0 Å². The minimum absolute atomic E-state index is 0.121. The summed E-state index contributed by atoms with van der Waals surface area (Å²) in [5.74, 6) is -1.56. The number of ether oxygens (including phenoxy) is 3. The van der Waals surface area contributed by atoms with Gasteiger partial charge in [0.1, 0.15) is 39.0 Å². The molecule has 1 aliphatic rings. The van der Waals surface area contributed by atoms with Gasteiger partial charge in [-0.25, -0.2) is 14.6 Å². The van der Waals surface area contributed by atoms with Gasteiger partial charge in [0.25, 0.3) is 8.32 Å². The van der Waals surface area contributed by atoms with Gasteiger partial charge in [-0.3, -0.25) is 14.6 Å². The summed E-state index contributed by atoms with van der Waals surface area (Å²) in [5, 5.41) is 9.22. The first-order valence-corrected chi connectivity index (χ1v) is 32.1. The Kier molecular flexibility index (Phi) is 19.8. The lowest BCUT2D eigenvalue weighted by Gasteiger charge is -2.43. The summed E-state index contributed by atoms with van der Waals surface area (Å²) in [6.45, 7) is 27.2. The molecule has 2 N–H and O–H groups in total. The first-order valence-electron chi connectivity index (χ1n) is 24.7. The molecule has 3 aromatic carbocycles. The van der Waals surface area contributed by atoms with Gasteiger partial charge in [-0.15, -0.1) is 23.1 Å². The van der Waals surface area contributed by atoms with Gasteiger partial charge in [0.05, 0.1) is 31.1 Å². The fourth-order valence-corrected chi connectivity index (χ4v) is 15.4. The smallest absolute Gasteiger partial charge is 0.408 e. The highest BCUT2D eigenvalue weighted by molar-refractivity contribution is 8.14. The zero-order chi connectivity index (χ0) is 52.2. The molecule has 71 heavy (non-hydrogen) atoms. The van der Waals surface area contributed by atoms with Gasteiger partial charge in [-0.2, -0.15) is 0 Å². The average molecular weight is 1040 g/mol. The van der Waals surface area contributed by atoms with Gasteiger partial charge >= 0.3 is 18.0 Å². The Balaban J connectivity index is 1.40. The number of esters is 2. The molecule has 0 radical (unpaired) electrons. The number of carbonyl (C=O) groups is 4. The van der Waals surface area contributed by atoms with Crippen LogP contribution < -0.4 is 21.0 Å². The van der Waals surface area contributed by atoms with E-state index < -0.39 is 63.6 Å². The number of rotatable bonds is 22. The van der Waals surface area contributed by atoms with Crippen LogP contribution in [-0.2, 0) is 46.2 Å². The molecule has 5 rings (SSSR count). The van der Waals surface area contributed by atoms with E-state index in [1.165, 1.54) is 33.5 Å². The number of nitrogens with one attached hydrogen (secondary N) is 2. The molecule has 0 bridgehead atoms. The minimum Gasteiger partial charge on any atom is -0.466 e. The van der Waals surface area contributed by atoms with Crippen LogP contribution in [0.2, 0.25) is 30.7 Å². The van der Waals surface area contributed by atoms with Crippen molar-refractivity contribution in [2.45, 2.75) is 156 Å². The molecular weight excluding hydrogens is 965 g/mol. The van der Waals surface area contributed by atoms with Crippen molar-refractivity contribution in [3.05, 3.63) is 113 Å². The number of thiazole rings is 1. The van der Waals surface area contributed by atoms with Crippen LogP contribution in [0, 0.1) is 5.92 Å². The molecule has 3 atom stereocenters.